The molecule has 0 aliphatic carbocycles. The summed E-state index contributed by atoms with van der Waals surface area (Å²) in [5, 5.41) is 0.463. The molecule has 0 radical (unpaired) electrons. The summed E-state index contributed by atoms with van der Waals surface area (Å²) >= 11 is 9.19. The van der Waals surface area contributed by atoms with Gasteiger partial charge < -0.3 is 5.73 Å². The summed E-state index contributed by atoms with van der Waals surface area (Å²) in [6, 6.07) is 8.14. The van der Waals surface area contributed by atoms with E-state index in [-0.39, 0.29) is 4.90 Å². The number of nitrogen functional groups attached to an aromatic ring is 1. The summed E-state index contributed by atoms with van der Waals surface area (Å²) in [5.41, 5.74) is 7.97. The molecule has 0 atom stereocenters. The molecule has 21 heavy (non-hydrogen) atoms. The van der Waals surface area contributed by atoms with E-state index in [1.54, 1.807) is 38.1 Å². The summed E-state index contributed by atoms with van der Waals surface area (Å²) in [6.07, 6.45) is 0. The Bertz CT molecular complexity index is 807. The van der Waals surface area contributed by atoms with Crippen molar-refractivity contribution in [1.82, 2.24) is 0 Å². The van der Waals surface area contributed by atoms with E-state index in [1.165, 1.54) is 6.07 Å². The number of hydrogen-bond donors (Lipinski definition) is 2. The van der Waals surface area contributed by atoms with Gasteiger partial charge in [-0.05, 0) is 65.2 Å². The van der Waals surface area contributed by atoms with Crippen LogP contribution in [0.15, 0.2) is 39.7 Å². The zero-order chi connectivity index (χ0) is 15.8. The van der Waals surface area contributed by atoms with Gasteiger partial charge in [0.25, 0.3) is 10.0 Å². The molecule has 0 saturated heterocycles. The number of nitrogens with one attached hydrogen (secondary N) is 1. The Hall–Kier alpha value is -1.24. The minimum atomic E-state index is -3.73. The summed E-state index contributed by atoms with van der Waals surface area (Å²) < 4.78 is 28.3. The predicted octanol–water partition coefficient (Wildman–Crippen LogP) is 4.10. The van der Waals surface area contributed by atoms with Gasteiger partial charge in [0.05, 0.1) is 10.6 Å². The van der Waals surface area contributed by atoms with Gasteiger partial charge in [-0.25, -0.2) is 8.42 Å². The van der Waals surface area contributed by atoms with Gasteiger partial charge in [-0.15, -0.1) is 0 Å². The van der Waals surface area contributed by atoms with E-state index in [1.807, 2.05) is 0 Å². The van der Waals surface area contributed by atoms with Crippen molar-refractivity contribution in [3.8, 4) is 0 Å². The molecule has 0 aliphatic rings. The summed E-state index contributed by atoms with van der Waals surface area (Å²) in [4.78, 5) is 0.141. The van der Waals surface area contributed by atoms with Crippen molar-refractivity contribution in [2.24, 2.45) is 0 Å². The first-order chi connectivity index (χ1) is 9.70. The van der Waals surface area contributed by atoms with Crippen molar-refractivity contribution in [2.75, 3.05) is 10.5 Å². The van der Waals surface area contributed by atoms with Crippen LogP contribution in [-0.2, 0) is 10.0 Å². The molecular weight excluding hydrogens is 376 g/mol. The molecule has 0 aromatic heterocycles. The first-order valence-electron chi connectivity index (χ1n) is 6.05. The van der Waals surface area contributed by atoms with E-state index in [0.29, 0.717) is 26.4 Å². The maximum atomic E-state index is 12.5. The molecule has 2 aromatic carbocycles. The predicted molar refractivity (Wildman–Crippen MR) is 90.3 cm³/mol. The van der Waals surface area contributed by atoms with Gasteiger partial charge in [-0.3, -0.25) is 4.72 Å². The number of halogens is 2. The topological polar surface area (TPSA) is 72.2 Å². The van der Waals surface area contributed by atoms with E-state index in [0.717, 1.165) is 5.56 Å². The quantitative estimate of drug-likeness (QED) is 0.776. The van der Waals surface area contributed by atoms with E-state index in [9.17, 15) is 8.42 Å². The van der Waals surface area contributed by atoms with Gasteiger partial charge in [-0.2, -0.15) is 0 Å². The van der Waals surface area contributed by atoms with Gasteiger partial charge in [0, 0.05) is 15.2 Å². The van der Waals surface area contributed by atoms with Gasteiger partial charge in [0.2, 0.25) is 0 Å². The lowest BCUT2D eigenvalue weighted by molar-refractivity contribution is 0.600. The molecule has 0 spiro atoms. The van der Waals surface area contributed by atoms with Crippen LogP contribution >= 0.6 is 27.5 Å². The Morgan fingerprint density at radius 3 is 2.48 bits per heavy atom. The third-order valence-corrected chi connectivity index (χ3v) is 5.46. The zero-order valence-corrected chi connectivity index (χ0v) is 14.6. The smallest absolute Gasteiger partial charge is 0.262 e. The Kier molecular flexibility index (Phi) is 4.51. The second kappa shape index (κ2) is 5.87. The van der Waals surface area contributed by atoms with Gasteiger partial charge in [0.15, 0.2) is 0 Å². The summed E-state index contributed by atoms with van der Waals surface area (Å²) in [5.74, 6) is 0. The van der Waals surface area contributed by atoms with E-state index in [2.05, 4.69) is 20.7 Å². The largest absolute Gasteiger partial charge is 0.398 e. The highest BCUT2D eigenvalue weighted by atomic mass is 79.9. The fourth-order valence-electron chi connectivity index (χ4n) is 1.86. The number of sulfonamides is 1. The maximum Gasteiger partial charge on any atom is 0.262 e. The van der Waals surface area contributed by atoms with Crippen LogP contribution in [0.25, 0.3) is 0 Å². The Balaban J connectivity index is 2.48. The molecule has 0 saturated carbocycles. The molecule has 7 heteroatoms. The van der Waals surface area contributed by atoms with Crippen molar-refractivity contribution >= 4 is 48.9 Å². The Morgan fingerprint density at radius 2 is 1.81 bits per heavy atom. The third-order valence-electron chi connectivity index (χ3n) is 3.03. The van der Waals surface area contributed by atoms with Crippen molar-refractivity contribution in [3.63, 3.8) is 0 Å². The highest BCUT2D eigenvalue weighted by molar-refractivity contribution is 9.10. The van der Waals surface area contributed by atoms with E-state index in [4.69, 9.17) is 17.3 Å². The zero-order valence-electron chi connectivity index (χ0n) is 11.4. The normalized spacial score (nSPS) is 11.4. The summed E-state index contributed by atoms with van der Waals surface area (Å²) in [6.45, 7) is 3.51. The Morgan fingerprint density at radius 1 is 1.14 bits per heavy atom. The fourth-order valence-corrected chi connectivity index (χ4v) is 3.88. The van der Waals surface area contributed by atoms with Gasteiger partial charge in [0.1, 0.15) is 0 Å². The van der Waals surface area contributed by atoms with Gasteiger partial charge >= 0.3 is 0 Å². The molecule has 0 bridgehead atoms. The summed E-state index contributed by atoms with van der Waals surface area (Å²) in [7, 11) is -3.73. The molecule has 3 N–H and O–H groups in total. The van der Waals surface area contributed by atoms with Crippen LogP contribution in [0.4, 0.5) is 11.4 Å². The first kappa shape index (κ1) is 16.1. The molecule has 0 amide bonds. The number of aryl methyl sites for hydroxylation is 2. The van der Waals surface area contributed by atoms with Crippen LogP contribution in [-0.4, -0.2) is 8.42 Å². The van der Waals surface area contributed by atoms with E-state index < -0.39 is 10.0 Å². The minimum absolute atomic E-state index is 0.141. The average Bonchev–Trinajstić information content (AvgIpc) is 2.37. The molecule has 2 aromatic rings. The lowest BCUT2D eigenvalue weighted by Crippen LogP contribution is -2.15. The Labute approximate surface area is 137 Å². The molecule has 0 fully saturated rings. The maximum absolute atomic E-state index is 12.5. The van der Waals surface area contributed by atoms with Crippen LogP contribution in [0.5, 0.6) is 0 Å². The second-order valence-electron chi connectivity index (χ2n) is 4.70. The van der Waals surface area contributed by atoms with Crippen LogP contribution in [0.2, 0.25) is 5.02 Å². The highest BCUT2D eigenvalue weighted by Gasteiger charge is 2.19. The first-order valence-corrected chi connectivity index (χ1v) is 8.71. The second-order valence-corrected chi connectivity index (χ2v) is 7.65. The third kappa shape index (κ3) is 3.51. The van der Waals surface area contributed by atoms with Crippen molar-refractivity contribution in [3.05, 3.63) is 51.0 Å². The molecule has 0 heterocycles. The molecule has 112 valence electrons. The lowest BCUT2D eigenvalue weighted by Gasteiger charge is -2.13. The minimum Gasteiger partial charge on any atom is -0.398 e. The lowest BCUT2D eigenvalue weighted by atomic mass is 10.2. The number of rotatable bonds is 3. The average molecular weight is 390 g/mol. The number of hydrogen-bond acceptors (Lipinski definition) is 3. The molecule has 2 rings (SSSR count). The van der Waals surface area contributed by atoms with E-state index >= 15 is 0 Å². The van der Waals surface area contributed by atoms with Gasteiger partial charge in [-0.1, -0.05) is 17.7 Å². The van der Waals surface area contributed by atoms with Crippen LogP contribution < -0.4 is 10.5 Å². The van der Waals surface area contributed by atoms with Crippen LogP contribution in [0.3, 0.4) is 0 Å². The standard InChI is InChI=1S/C14H14BrClN2O2S/c1-8-3-4-10(16)6-13(8)18-21(19,20)14-7-12(17)11(15)5-9(14)2/h3-7,18H,17H2,1-2H3. The van der Waals surface area contributed by atoms with Crippen molar-refractivity contribution in [2.45, 2.75) is 18.7 Å². The fraction of sp³-hybridized carbons (Fsp3) is 0.143. The van der Waals surface area contributed by atoms with Crippen molar-refractivity contribution in [1.29, 1.82) is 0 Å². The monoisotopic (exact) mass is 388 g/mol. The molecule has 0 unspecified atom stereocenters. The highest BCUT2D eigenvalue weighted by Crippen LogP contribution is 2.29. The SMILES string of the molecule is Cc1ccc(Cl)cc1NS(=O)(=O)c1cc(N)c(Br)cc1C. The molecule has 4 nitrogen and oxygen atoms in total. The number of benzene rings is 2. The molecular formula is C14H14BrClN2O2S. The van der Waals surface area contributed by atoms with Crippen LogP contribution in [0, 0.1) is 13.8 Å². The number of anilines is 2. The number of nitrogens with two attached hydrogens (primary N) is 1. The molecule has 0 aliphatic heterocycles. The van der Waals surface area contributed by atoms with Crippen LogP contribution in [0.1, 0.15) is 11.1 Å². The van der Waals surface area contributed by atoms with Crippen molar-refractivity contribution < 1.29 is 8.42 Å².